The first-order valence-corrected chi connectivity index (χ1v) is 13.3. The summed E-state index contributed by atoms with van der Waals surface area (Å²) in [6.07, 6.45) is 8.41. The van der Waals surface area contributed by atoms with Crippen LogP contribution in [-0.2, 0) is 14.8 Å². The van der Waals surface area contributed by atoms with Crippen molar-refractivity contribution >= 4 is 16.0 Å². The van der Waals surface area contributed by atoms with E-state index >= 15 is 0 Å². The van der Waals surface area contributed by atoms with Gasteiger partial charge in [-0.2, -0.15) is 0 Å². The van der Waals surface area contributed by atoms with Crippen LogP contribution in [0.25, 0.3) is 11.1 Å². The number of carbonyl (C=O) groups is 1. The fourth-order valence-corrected chi connectivity index (χ4v) is 7.08. The predicted octanol–water partition coefficient (Wildman–Crippen LogP) is 5.47. The van der Waals surface area contributed by atoms with Crippen molar-refractivity contribution in [3.63, 3.8) is 0 Å². The Morgan fingerprint density at radius 3 is 2.25 bits per heavy atom. The second-order valence-electron chi connectivity index (χ2n) is 9.38. The van der Waals surface area contributed by atoms with Crippen molar-refractivity contribution in [2.45, 2.75) is 68.7 Å². The first-order chi connectivity index (χ1) is 15.4. The minimum Gasteiger partial charge on any atom is -0.481 e. The van der Waals surface area contributed by atoms with Crippen LogP contribution in [-0.4, -0.2) is 25.5 Å². The quantitative estimate of drug-likeness (QED) is 0.440. The van der Waals surface area contributed by atoms with Crippen molar-refractivity contribution < 1.29 is 18.3 Å². The molecule has 2 bridgehead atoms. The van der Waals surface area contributed by atoms with Gasteiger partial charge in [0.05, 0.1) is 4.90 Å². The van der Waals surface area contributed by atoms with Crippen LogP contribution in [0.3, 0.4) is 0 Å². The lowest BCUT2D eigenvalue weighted by Gasteiger charge is -2.31. The summed E-state index contributed by atoms with van der Waals surface area (Å²) in [5.74, 6) is 0.721. The largest absolute Gasteiger partial charge is 0.481 e. The number of nitrogens with one attached hydrogen (secondary N) is 1. The number of aliphatic carboxylic acids is 1. The van der Waals surface area contributed by atoms with E-state index in [4.69, 9.17) is 5.11 Å². The Morgan fingerprint density at radius 1 is 0.875 bits per heavy atom. The highest BCUT2D eigenvalue weighted by Gasteiger charge is 2.48. The highest BCUT2D eigenvalue weighted by Crippen LogP contribution is 2.50. The second kappa shape index (κ2) is 10.2. The fourth-order valence-electron chi connectivity index (χ4n) is 5.72. The molecular formula is C26H33NO4S. The number of unbranched alkanes of at least 4 members (excludes halogenated alkanes) is 3. The van der Waals surface area contributed by atoms with Gasteiger partial charge in [0.2, 0.25) is 10.0 Å². The van der Waals surface area contributed by atoms with Gasteiger partial charge in [-0.1, -0.05) is 61.7 Å². The van der Waals surface area contributed by atoms with Crippen LogP contribution in [0.5, 0.6) is 0 Å². The Morgan fingerprint density at radius 2 is 1.53 bits per heavy atom. The molecule has 0 radical (unpaired) electrons. The molecule has 2 aromatic carbocycles. The minimum atomic E-state index is -3.56. The lowest BCUT2D eigenvalue weighted by molar-refractivity contribution is -0.137. The fraction of sp³-hybridized carbons (Fsp3) is 0.500. The summed E-state index contributed by atoms with van der Waals surface area (Å²) < 4.78 is 29.4. The average Bonchev–Trinajstić information content (AvgIpc) is 3.39. The lowest BCUT2D eigenvalue weighted by Crippen LogP contribution is -2.43. The molecule has 4 rings (SSSR count). The van der Waals surface area contributed by atoms with E-state index in [2.05, 4.69) is 4.72 Å². The number of carboxylic acids is 1. The molecule has 0 amide bonds. The monoisotopic (exact) mass is 455 g/mol. The molecule has 2 fully saturated rings. The Labute approximate surface area is 191 Å². The summed E-state index contributed by atoms with van der Waals surface area (Å²) in [4.78, 5) is 11.0. The molecule has 172 valence electrons. The molecule has 2 aliphatic rings. The lowest BCUT2D eigenvalue weighted by atomic mass is 9.81. The van der Waals surface area contributed by atoms with E-state index in [9.17, 15) is 13.2 Å². The van der Waals surface area contributed by atoms with E-state index in [1.54, 1.807) is 12.1 Å². The minimum absolute atomic E-state index is 0.0200. The first kappa shape index (κ1) is 23.0. The first-order valence-electron chi connectivity index (χ1n) is 11.8. The molecule has 3 unspecified atom stereocenters. The number of hydrogen-bond donors (Lipinski definition) is 2. The van der Waals surface area contributed by atoms with Crippen molar-refractivity contribution in [3.05, 3.63) is 54.6 Å². The van der Waals surface area contributed by atoms with Gasteiger partial charge in [-0.3, -0.25) is 4.79 Å². The van der Waals surface area contributed by atoms with Gasteiger partial charge in [0, 0.05) is 12.5 Å². The van der Waals surface area contributed by atoms with Crippen LogP contribution in [0.4, 0.5) is 0 Å². The van der Waals surface area contributed by atoms with Gasteiger partial charge in [0.1, 0.15) is 0 Å². The van der Waals surface area contributed by atoms with E-state index in [1.807, 2.05) is 42.5 Å². The summed E-state index contributed by atoms with van der Waals surface area (Å²) in [7, 11) is -3.56. The maximum absolute atomic E-state index is 13.2. The molecule has 0 aromatic heterocycles. The Hall–Kier alpha value is -2.18. The predicted molar refractivity (Wildman–Crippen MR) is 126 cm³/mol. The van der Waals surface area contributed by atoms with E-state index in [0.717, 1.165) is 56.1 Å². The molecule has 0 spiro atoms. The molecule has 6 heteroatoms. The summed E-state index contributed by atoms with van der Waals surface area (Å²) in [5.41, 5.74) is 2.08. The molecule has 0 aliphatic heterocycles. The van der Waals surface area contributed by atoms with Crippen LogP contribution in [0, 0.1) is 17.8 Å². The molecule has 2 saturated carbocycles. The number of rotatable bonds is 11. The smallest absolute Gasteiger partial charge is 0.303 e. The molecule has 0 saturated heterocycles. The van der Waals surface area contributed by atoms with Crippen molar-refractivity contribution in [3.8, 4) is 11.1 Å². The summed E-state index contributed by atoms with van der Waals surface area (Å²) in [5, 5.41) is 8.76. The van der Waals surface area contributed by atoms with E-state index in [-0.39, 0.29) is 12.5 Å². The Kier molecular flexibility index (Phi) is 7.31. The third-order valence-electron chi connectivity index (χ3n) is 7.33. The molecular weight excluding hydrogens is 422 g/mol. The van der Waals surface area contributed by atoms with E-state index < -0.39 is 16.0 Å². The van der Waals surface area contributed by atoms with Gasteiger partial charge < -0.3 is 5.11 Å². The molecule has 0 heterocycles. The zero-order valence-corrected chi connectivity index (χ0v) is 19.3. The molecule has 2 aromatic rings. The second-order valence-corrected chi connectivity index (χ2v) is 11.1. The maximum atomic E-state index is 13.2. The summed E-state index contributed by atoms with van der Waals surface area (Å²) in [6, 6.07) is 17.1. The normalized spacial score (nSPS) is 24.6. The summed E-state index contributed by atoms with van der Waals surface area (Å²) >= 11 is 0. The SMILES string of the molecule is O=C(O)CCCCCCC1C2CC[C@H](C2)C1NS(=O)(=O)c1ccc(-c2ccccc2)cc1. The number of hydrogen-bond acceptors (Lipinski definition) is 3. The Bertz CT molecular complexity index is 1000. The highest BCUT2D eigenvalue weighted by molar-refractivity contribution is 7.89. The third-order valence-corrected chi connectivity index (χ3v) is 8.80. The number of benzene rings is 2. The summed E-state index contributed by atoms with van der Waals surface area (Å²) in [6.45, 7) is 0. The van der Waals surface area contributed by atoms with Crippen LogP contribution >= 0.6 is 0 Å². The highest BCUT2D eigenvalue weighted by atomic mass is 32.2. The van der Waals surface area contributed by atoms with Gasteiger partial charge in [-0.15, -0.1) is 0 Å². The molecule has 32 heavy (non-hydrogen) atoms. The zero-order valence-electron chi connectivity index (χ0n) is 18.4. The number of sulfonamides is 1. The molecule has 4 atom stereocenters. The van der Waals surface area contributed by atoms with E-state index in [0.29, 0.717) is 22.6 Å². The molecule has 2 N–H and O–H groups in total. The van der Waals surface area contributed by atoms with Gasteiger partial charge >= 0.3 is 5.97 Å². The van der Waals surface area contributed by atoms with E-state index in [1.165, 1.54) is 6.42 Å². The standard InChI is InChI=1S/C26H33NO4S/c28-25(29)11-7-2-1-6-10-24-21-12-13-22(18-21)26(24)27-32(30,31)23-16-14-20(15-17-23)19-8-4-3-5-9-19/h3-5,8-9,14-17,21-22,24,26-27H,1-2,6-7,10-13,18H2,(H,28,29)/t21?,22-,24?,26?/m1/s1. The van der Waals surface area contributed by atoms with Crippen LogP contribution in [0.15, 0.2) is 59.5 Å². The Balaban J connectivity index is 1.37. The van der Waals surface area contributed by atoms with Crippen LogP contribution < -0.4 is 4.72 Å². The maximum Gasteiger partial charge on any atom is 0.303 e. The third kappa shape index (κ3) is 5.41. The van der Waals surface area contributed by atoms with Crippen molar-refractivity contribution in [1.29, 1.82) is 0 Å². The van der Waals surface area contributed by atoms with Crippen LogP contribution in [0.1, 0.15) is 57.8 Å². The van der Waals surface area contributed by atoms with Gasteiger partial charge in [-0.05, 0) is 73.1 Å². The topological polar surface area (TPSA) is 83.5 Å². The van der Waals surface area contributed by atoms with Crippen LogP contribution in [0.2, 0.25) is 0 Å². The van der Waals surface area contributed by atoms with Gasteiger partial charge in [-0.25, -0.2) is 13.1 Å². The van der Waals surface area contributed by atoms with Gasteiger partial charge in [0.15, 0.2) is 0 Å². The van der Waals surface area contributed by atoms with Crippen molar-refractivity contribution in [1.82, 2.24) is 4.72 Å². The molecule has 2 aliphatic carbocycles. The van der Waals surface area contributed by atoms with Crippen molar-refractivity contribution in [2.24, 2.45) is 17.8 Å². The van der Waals surface area contributed by atoms with Crippen molar-refractivity contribution in [2.75, 3.05) is 0 Å². The van der Waals surface area contributed by atoms with Gasteiger partial charge in [0.25, 0.3) is 0 Å². The molecule has 5 nitrogen and oxygen atoms in total. The number of carboxylic acid groups (broad SMARTS) is 1. The zero-order chi connectivity index (χ0) is 22.6. The average molecular weight is 456 g/mol. The number of fused-ring (bicyclic) bond motifs is 2.